The zero-order chi connectivity index (χ0) is 26.0. The summed E-state index contributed by atoms with van der Waals surface area (Å²) in [7, 11) is 0. The summed E-state index contributed by atoms with van der Waals surface area (Å²) in [6, 6.07) is 17.2. The Labute approximate surface area is 218 Å². The van der Waals surface area contributed by atoms with E-state index in [-0.39, 0.29) is 5.91 Å². The molecular formula is C29H33N7O. The maximum absolute atomic E-state index is 12.9. The molecule has 0 bridgehead atoms. The molecule has 8 heteroatoms. The van der Waals surface area contributed by atoms with Crippen molar-refractivity contribution < 1.29 is 4.79 Å². The molecule has 0 aliphatic carbocycles. The fraction of sp³-hybridized carbons (Fsp3) is 0.207. The Bertz CT molecular complexity index is 1280. The molecule has 1 aliphatic rings. The Morgan fingerprint density at radius 2 is 1.92 bits per heavy atom. The molecule has 2 aromatic carbocycles. The largest absolute Gasteiger partial charge is 0.405 e. The van der Waals surface area contributed by atoms with Crippen LogP contribution in [0.3, 0.4) is 0 Å². The summed E-state index contributed by atoms with van der Waals surface area (Å²) < 4.78 is 0. The molecule has 1 amide bonds. The first-order valence-corrected chi connectivity index (χ1v) is 12.3. The van der Waals surface area contributed by atoms with Crippen molar-refractivity contribution in [3.8, 4) is 0 Å². The standard InChI is InChI=1S/C29H33N7O/c1-21-5-10-26(18-28(21)34-22(2)33-27(11-12-30)25-4-3-13-32-19-25)35-29(37)24-8-6-23(7-9-24)20-36-16-14-31-15-17-36/h3-13,18-19,31,34H,2,14-17,20,30H2,1H3,(H,35,37)/b12-11-,33-27+. The van der Waals surface area contributed by atoms with Gasteiger partial charge in [-0.15, -0.1) is 0 Å². The molecule has 3 aromatic rings. The van der Waals surface area contributed by atoms with Gasteiger partial charge in [0.15, 0.2) is 0 Å². The monoisotopic (exact) mass is 495 g/mol. The number of benzene rings is 2. The van der Waals surface area contributed by atoms with Gasteiger partial charge in [0.05, 0.1) is 5.71 Å². The second kappa shape index (κ2) is 12.6. The van der Waals surface area contributed by atoms with Crippen molar-refractivity contribution in [2.45, 2.75) is 13.5 Å². The molecule has 0 atom stereocenters. The molecule has 0 saturated carbocycles. The van der Waals surface area contributed by atoms with E-state index in [4.69, 9.17) is 5.73 Å². The van der Waals surface area contributed by atoms with Gasteiger partial charge in [-0.1, -0.05) is 24.8 Å². The number of carbonyl (C=O) groups is 1. The Kier molecular flexibility index (Phi) is 8.80. The zero-order valence-electron chi connectivity index (χ0n) is 21.1. The molecule has 0 unspecified atom stereocenters. The van der Waals surface area contributed by atoms with Crippen molar-refractivity contribution in [2.75, 3.05) is 36.8 Å². The lowest BCUT2D eigenvalue weighted by molar-refractivity contribution is 0.102. The summed E-state index contributed by atoms with van der Waals surface area (Å²) in [6.07, 6.45) is 6.54. The number of nitrogens with zero attached hydrogens (tertiary/aromatic N) is 3. The fourth-order valence-electron chi connectivity index (χ4n) is 4.06. The molecule has 1 aromatic heterocycles. The minimum atomic E-state index is -0.160. The number of hydrogen-bond donors (Lipinski definition) is 4. The van der Waals surface area contributed by atoms with Crippen LogP contribution >= 0.6 is 0 Å². The minimum absolute atomic E-state index is 0.160. The predicted octanol–water partition coefficient (Wildman–Crippen LogP) is 3.89. The van der Waals surface area contributed by atoms with E-state index in [0.29, 0.717) is 22.8 Å². The van der Waals surface area contributed by atoms with Gasteiger partial charge in [0.2, 0.25) is 0 Å². The topological polar surface area (TPSA) is 108 Å². The molecule has 1 fully saturated rings. The van der Waals surface area contributed by atoms with Crippen molar-refractivity contribution in [1.82, 2.24) is 15.2 Å². The van der Waals surface area contributed by atoms with Crippen LogP contribution in [0.4, 0.5) is 11.4 Å². The molecule has 37 heavy (non-hydrogen) atoms. The van der Waals surface area contributed by atoms with E-state index >= 15 is 0 Å². The highest BCUT2D eigenvalue weighted by molar-refractivity contribution is 6.09. The SMILES string of the molecule is C=C(/N=C(\C=C/N)c1cccnc1)Nc1cc(NC(=O)c2ccc(CN3CCNCC3)cc2)ccc1C. The highest BCUT2D eigenvalue weighted by Gasteiger charge is 2.12. The Hall–Kier alpha value is -4.27. The number of piperazine rings is 1. The quantitative estimate of drug-likeness (QED) is 0.336. The number of amides is 1. The van der Waals surface area contributed by atoms with Gasteiger partial charge in [-0.25, -0.2) is 4.99 Å². The van der Waals surface area contributed by atoms with Gasteiger partial charge >= 0.3 is 0 Å². The molecule has 190 valence electrons. The maximum atomic E-state index is 12.9. The third kappa shape index (κ3) is 7.36. The number of aliphatic imine (C=N–C) groups is 1. The number of allylic oxidation sites excluding steroid dienone is 1. The zero-order valence-corrected chi connectivity index (χ0v) is 21.1. The number of anilines is 2. The lowest BCUT2D eigenvalue weighted by Crippen LogP contribution is -2.42. The average Bonchev–Trinajstić information content (AvgIpc) is 2.92. The number of hydrogen-bond acceptors (Lipinski definition) is 7. The second-order valence-corrected chi connectivity index (χ2v) is 8.88. The number of pyridine rings is 1. The third-order valence-electron chi connectivity index (χ3n) is 6.07. The summed E-state index contributed by atoms with van der Waals surface area (Å²) in [5, 5.41) is 9.58. The van der Waals surface area contributed by atoms with Crippen molar-refractivity contribution in [3.63, 3.8) is 0 Å². The van der Waals surface area contributed by atoms with Crippen LogP contribution in [0.5, 0.6) is 0 Å². The van der Waals surface area contributed by atoms with Crippen molar-refractivity contribution in [3.05, 3.63) is 114 Å². The summed E-state index contributed by atoms with van der Waals surface area (Å²) >= 11 is 0. The van der Waals surface area contributed by atoms with E-state index in [9.17, 15) is 4.79 Å². The predicted molar refractivity (Wildman–Crippen MR) is 151 cm³/mol. The lowest BCUT2D eigenvalue weighted by atomic mass is 10.1. The molecule has 5 N–H and O–H groups in total. The first kappa shape index (κ1) is 25.8. The van der Waals surface area contributed by atoms with Crippen LogP contribution in [0.1, 0.15) is 27.0 Å². The van der Waals surface area contributed by atoms with Crippen LogP contribution < -0.4 is 21.7 Å². The van der Waals surface area contributed by atoms with Gasteiger partial charge in [0.1, 0.15) is 5.82 Å². The number of aromatic nitrogens is 1. The Morgan fingerprint density at radius 3 is 2.62 bits per heavy atom. The molecule has 8 nitrogen and oxygen atoms in total. The summed E-state index contributed by atoms with van der Waals surface area (Å²) in [6.45, 7) is 11.0. The minimum Gasteiger partial charge on any atom is -0.405 e. The number of nitrogens with two attached hydrogens (primary N) is 1. The average molecular weight is 496 g/mol. The summed E-state index contributed by atoms with van der Waals surface area (Å²) in [4.78, 5) is 24.0. The van der Waals surface area contributed by atoms with E-state index < -0.39 is 0 Å². The van der Waals surface area contributed by atoms with Gasteiger partial charge in [0.25, 0.3) is 5.91 Å². The van der Waals surface area contributed by atoms with E-state index in [1.165, 1.54) is 11.8 Å². The van der Waals surface area contributed by atoms with Crippen molar-refractivity contribution in [1.29, 1.82) is 0 Å². The van der Waals surface area contributed by atoms with Crippen molar-refractivity contribution >= 4 is 23.0 Å². The normalized spacial score (nSPS) is 14.5. The highest BCUT2D eigenvalue weighted by atomic mass is 16.1. The van der Waals surface area contributed by atoms with E-state index in [1.54, 1.807) is 18.5 Å². The van der Waals surface area contributed by atoms with Gasteiger partial charge in [-0.2, -0.15) is 0 Å². The molecular weight excluding hydrogens is 462 g/mol. The summed E-state index contributed by atoms with van der Waals surface area (Å²) in [5.74, 6) is 0.274. The smallest absolute Gasteiger partial charge is 0.255 e. The highest BCUT2D eigenvalue weighted by Crippen LogP contribution is 2.23. The molecule has 0 radical (unpaired) electrons. The Morgan fingerprint density at radius 1 is 1.14 bits per heavy atom. The first-order valence-electron chi connectivity index (χ1n) is 12.3. The van der Waals surface area contributed by atoms with E-state index in [2.05, 4.69) is 37.4 Å². The van der Waals surface area contributed by atoms with E-state index in [1.807, 2.05) is 61.5 Å². The fourth-order valence-corrected chi connectivity index (χ4v) is 4.06. The first-order chi connectivity index (χ1) is 18.0. The molecule has 1 saturated heterocycles. The lowest BCUT2D eigenvalue weighted by Gasteiger charge is -2.27. The Balaban J connectivity index is 1.41. The molecule has 0 spiro atoms. The van der Waals surface area contributed by atoms with E-state index in [0.717, 1.165) is 49.5 Å². The maximum Gasteiger partial charge on any atom is 0.255 e. The van der Waals surface area contributed by atoms with Gasteiger partial charge in [-0.3, -0.25) is 14.7 Å². The number of rotatable bonds is 9. The van der Waals surface area contributed by atoms with Crippen LogP contribution in [0.25, 0.3) is 0 Å². The van der Waals surface area contributed by atoms with Crippen LogP contribution in [0.15, 0.2) is 96.7 Å². The van der Waals surface area contributed by atoms with Gasteiger partial charge in [-0.05, 0) is 66.7 Å². The molecule has 2 heterocycles. The van der Waals surface area contributed by atoms with Crippen molar-refractivity contribution in [2.24, 2.45) is 10.7 Å². The van der Waals surface area contributed by atoms with Crippen LogP contribution in [-0.2, 0) is 6.54 Å². The number of carbonyl (C=O) groups excluding carboxylic acids is 1. The third-order valence-corrected chi connectivity index (χ3v) is 6.07. The molecule has 1 aliphatic heterocycles. The van der Waals surface area contributed by atoms with Gasteiger partial charge in [0, 0.05) is 67.6 Å². The van der Waals surface area contributed by atoms with Crippen LogP contribution in [0, 0.1) is 6.92 Å². The van der Waals surface area contributed by atoms with Crippen LogP contribution in [-0.4, -0.2) is 47.7 Å². The van der Waals surface area contributed by atoms with Crippen LogP contribution in [0.2, 0.25) is 0 Å². The van der Waals surface area contributed by atoms with Gasteiger partial charge < -0.3 is 21.7 Å². The molecule has 4 rings (SSSR count). The summed E-state index contributed by atoms with van der Waals surface area (Å²) in [5.41, 5.74) is 11.3. The number of aryl methyl sites for hydroxylation is 1. The number of nitrogens with one attached hydrogen (secondary N) is 3. The second-order valence-electron chi connectivity index (χ2n) is 8.88.